The summed E-state index contributed by atoms with van der Waals surface area (Å²) in [6.45, 7) is 6.35. The molecule has 1 fully saturated rings. The molecule has 112 valence electrons. The zero-order chi connectivity index (χ0) is 14.7. The first-order valence-electron chi connectivity index (χ1n) is 7.04. The van der Waals surface area contributed by atoms with Gasteiger partial charge in [0.1, 0.15) is 0 Å². The van der Waals surface area contributed by atoms with Crippen LogP contribution in [0.4, 0.5) is 0 Å². The summed E-state index contributed by atoms with van der Waals surface area (Å²) >= 11 is 12.2. The molecule has 2 atom stereocenters. The monoisotopic (exact) mass is 315 g/mol. The van der Waals surface area contributed by atoms with Crippen LogP contribution in [0.2, 0.25) is 10.0 Å². The molecule has 1 N–H and O–H groups in total. The Morgan fingerprint density at radius 3 is 2.70 bits per heavy atom. The number of benzene rings is 1. The van der Waals surface area contributed by atoms with E-state index in [4.69, 9.17) is 23.2 Å². The SMILES string of the molecule is CC1CN(C(CN(C)C)c2ccc(Cl)c(Cl)c2)CCN1. The van der Waals surface area contributed by atoms with Gasteiger partial charge in [-0.15, -0.1) is 0 Å². The molecule has 1 aromatic carbocycles. The zero-order valence-corrected chi connectivity index (χ0v) is 13.9. The van der Waals surface area contributed by atoms with Gasteiger partial charge in [0.15, 0.2) is 0 Å². The average molecular weight is 316 g/mol. The van der Waals surface area contributed by atoms with Gasteiger partial charge in [0, 0.05) is 38.3 Å². The van der Waals surface area contributed by atoms with E-state index in [9.17, 15) is 0 Å². The molecule has 0 saturated carbocycles. The largest absolute Gasteiger partial charge is 0.312 e. The molecule has 1 saturated heterocycles. The summed E-state index contributed by atoms with van der Waals surface area (Å²) < 4.78 is 0. The zero-order valence-electron chi connectivity index (χ0n) is 12.4. The number of likely N-dealkylation sites (N-methyl/N-ethyl adjacent to an activating group) is 1. The molecular weight excluding hydrogens is 293 g/mol. The van der Waals surface area contributed by atoms with Crippen molar-refractivity contribution in [1.82, 2.24) is 15.1 Å². The number of nitrogens with one attached hydrogen (secondary N) is 1. The van der Waals surface area contributed by atoms with Gasteiger partial charge in [-0.25, -0.2) is 0 Å². The van der Waals surface area contributed by atoms with Crippen LogP contribution in [0.1, 0.15) is 18.5 Å². The third-order valence-corrected chi connectivity index (χ3v) is 4.45. The first-order valence-corrected chi connectivity index (χ1v) is 7.80. The minimum atomic E-state index is 0.351. The molecular formula is C15H23Cl2N3. The highest BCUT2D eigenvalue weighted by Gasteiger charge is 2.25. The summed E-state index contributed by atoms with van der Waals surface area (Å²) in [6.07, 6.45) is 0. The topological polar surface area (TPSA) is 18.5 Å². The summed E-state index contributed by atoms with van der Waals surface area (Å²) in [7, 11) is 4.21. The van der Waals surface area contributed by atoms with Crippen molar-refractivity contribution >= 4 is 23.2 Å². The second-order valence-corrected chi connectivity index (χ2v) is 6.62. The molecule has 1 aliphatic rings. The molecule has 1 aromatic rings. The second-order valence-electron chi connectivity index (χ2n) is 5.80. The maximum Gasteiger partial charge on any atom is 0.0595 e. The third kappa shape index (κ3) is 4.09. The van der Waals surface area contributed by atoms with Crippen molar-refractivity contribution in [1.29, 1.82) is 0 Å². The van der Waals surface area contributed by atoms with Crippen LogP contribution in [0, 0.1) is 0 Å². The molecule has 5 heteroatoms. The Bertz CT molecular complexity index is 451. The summed E-state index contributed by atoms with van der Waals surface area (Å²) in [5, 5.41) is 4.74. The third-order valence-electron chi connectivity index (χ3n) is 3.71. The molecule has 1 heterocycles. The summed E-state index contributed by atoms with van der Waals surface area (Å²) in [4.78, 5) is 4.75. The van der Waals surface area contributed by atoms with Crippen LogP contribution in [0.15, 0.2) is 18.2 Å². The van der Waals surface area contributed by atoms with E-state index in [1.54, 1.807) is 0 Å². The fourth-order valence-corrected chi connectivity index (χ4v) is 3.05. The average Bonchev–Trinajstić information content (AvgIpc) is 2.39. The van der Waals surface area contributed by atoms with E-state index in [-0.39, 0.29) is 0 Å². The van der Waals surface area contributed by atoms with Crippen LogP contribution in [0.3, 0.4) is 0 Å². The standard InChI is InChI=1S/C15H23Cl2N3/c1-11-9-20(7-6-18-11)15(10-19(2)3)12-4-5-13(16)14(17)8-12/h4-5,8,11,15,18H,6-7,9-10H2,1-3H3. The molecule has 2 rings (SSSR count). The maximum absolute atomic E-state index is 6.19. The van der Waals surface area contributed by atoms with E-state index in [1.165, 1.54) is 5.56 Å². The molecule has 0 aliphatic carbocycles. The number of hydrogen-bond donors (Lipinski definition) is 1. The highest BCUT2D eigenvalue weighted by molar-refractivity contribution is 6.42. The number of hydrogen-bond acceptors (Lipinski definition) is 3. The smallest absolute Gasteiger partial charge is 0.0595 e. The van der Waals surface area contributed by atoms with E-state index in [0.29, 0.717) is 22.1 Å². The lowest BCUT2D eigenvalue weighted by Crippen LogP contribution is -2.51. The highest BCUT2D eigenvalue weighted by Crippen LogP contribution is 2.29. The minimum Gasteiger partial charge on any atom is -0.312 e. The van der Waals surface area contributed by atoms with Crippen LogP contribution >= 0.6 is 23.2 Å². The fourth-order valence-electron chi connectivity index (χ4n) is 2.74. The molecule has 0 bridgehead atoms. The van der Waals surface area contributed by atoms with E-state index >= 15 is 0 Å². The Hall–Kier alpha value is -0.320. The molecule has 20 heavy (non-hydrogen) atoms. The summed E-state index contributed by atoms with van der Waals surface area (Å²) in [6, 6.07) is 6.87. The molecule has 3 nitrogen and oxygen atoms in total. The normalized spacial score (nSPS) is 22.2. The van der Waals surface area contributed by atoms with Gasteiger partial charge in [-0.3, -0.25) is 4.90 Å². The number of nitrogens with zero attached hydrogens (tertiary/aromatic N) is 2. The van der Waals surface area contributed by atoms with Gasteiger partial charge in [-0.2, -0.15) is 0 Å². The second kappa shape index (κ2) is 7.10. The van der Waals surface area contributed by atoms with E-state index < -0.39 is 0 Å². The van der Waals surface area contributed by atoms with Gasteiger partial charge in [-0.1, -0.05) is 29.3 Å². The van der Waals surface area contributed by atoms with Crippen molar-refractivity contribution < 1.29 is 0 Å². The maximum atomic E-state index is 6.19. The van der Waals surface area contributed by atoms with Crippen LogP contribution in [-0.4, -0.2) is 56.1 Å². The van der Waals surface area contributed by atoms with Crippen LogP contribution < -0.4 is 5.32 Å². The molecule has 1 aliphatic heterocycles. The number of halogens is 2. The van der Waals surface area contributed by atoms with E-state index in [0.717, 1.165) is 26.2 Å². The van der Waals surface area contributed by atoms with Crippen molar-refractivity contribution in [3.05, 3.63) is 33.8 Å². The highest BCUT2D eigenvalue weighted by atomic mass is 35.5. The lowest BCUT2D eigenvalue weighted by molar-refractivity contribution is 0.125. The Kier molecular flexibility index (Phi) is 5.70. The van der Waals surface area contributed by atoms with Crippen LogP contribution in [0.5, 0.6) is 0 Å². The van der Waals surface area contributed by atoms with Crippen molar-refractivity contribution in [2.45, 2.75) is 19.0 Å². The molecule has 0 spiro atoms. The summed E-state index contributed by atoms with van der Waals surface area (Å²) in [5.41, 5.74) is 1.24. The Balaban J connectivity index is 2.23. The Morgan fingerprint density at radius 2 is 2.10 bits per heavy atom. The fraction of sp³-hybridized carbons (Fsp3) is 0.600. The van der Waals surface area contributed by atoms with Gasteiger partial charge in [0.05, 0.1) is 10.0 Å². The molecule has 2 unspecified atom stereocenters. The first-order chi connectivity index (χ1) is 9.47. The van der Waals surface area contributed by atoms with Crippen molar-refractivity contribution in [3.63, 3.8) is 0 Å². The summed E-state index contributed by atoms with van der Waals surface area (Å²) in [5.74, 6) is 0. The predicted octanol–water partition coefficient (Wildman–Crippen LogP) is 2.89. The molecule has 0 radical (unpaired) electrons. The van der Waals surface area contributed by atoms with E-state index in [1.807, 2.05) is 12.1 Å². The minimum absolute atomic E-state index is 0.351. The number of rotatable bonds is 4. The molecule has 0 aromatic heterocycles. The quantitative estimate of drug-likeness (QED) is 0.921. The van der Waals surface area contributed by atoms with Crippen molar-refractivity contribution in [3.8, 4) is 0 Å². The predicted molar refractivity (Wildman–Crippen MR) is 86.8 cm³/mol. The number of piperazine rings is 1. The van der Waals surface area contributed by atoms with Crippen LogP contribution in [-0.2, 0) is 0 Å². The Labute approximate surface area is 131 Å². The molecule has 0 amide bonds. The van der Waals surface area contributed by atoms with Crippen molar-refractivity contribution in [2.75, 3.05) is 40.3 Å². The van der Waals surface area contributed by atoms with Gasteiger partial charge >= 0.3 is 0 Å². The lowest BCUT2D eigenvalue weighted by atomic mass is 10.0. The van der Waals surface area contributed by atoms with Crippen molar-refractivity contribution in [2.24, 2.45) is 0 Å². The van der Waals surface area contributed by atoms with Gasteiger partial charge in [0.2, 0.25) is 0 Å². The first kappa shape index (κ1) is 16.1. The Morgan fingerprint density at radius 1 is 1.35 bits per heavy atom. The van der Waals surface area contributed by atoms with Gasteiger partial charge < -0.3 is 10.2 Å². The van der Waals surface area contributed by atoms with Gasteiger partial charge in [0.25, 0.3) is 0 Å². The van der Waals surface area contributed by atoms with E-state index in [2.05, 4.69) is 42.2 Å². The van der Waals surface area contributed by atoms with Gasteiger partial charge in [-0.05, 0) is 38.7 Å². The van der Waals surface area contributed by atoms with Crippen LogP contribution in [0.25, 0.3) is 0 Å². The lowest BCUT2D eigenvalue weighted by Gasteiger charge is -2.39.